The summed E-state index contributed by atoms with van der Waals surface area (Å²) in [4.78, 5) is 25.0. The molecule has 0 aliphatic rings. The Morgan fingerprint density at radius 1 is 1.20 bits per heavy atom. The van der Waals surface area contributed by atoms with Crippen molar-refractivity contribution < 1.29 is 14.3 Å². The van der Waals surface area contributed by atoms with Crippen LogP contribution < -0.4 is 0 Å². The molecule has 0 unspecified atom stereocenters. The van der Waals surface area contributed by atoms with Gasteiger partial charge in [0.2, 0.25) is 0 Å². The quantitative estimate of drug-likeness (QED) is 0.830. The average molecular weight is 277 g/mol. The van der Waals surface area contributed by atoms with E-state index in [1.807, 2.05) is 45.0 Å². The highest BCUT2D eigenvalue weighted by Crippen LogP contribution is 2.13. The van der Waals surface area contributed by atoms with Crippen LogP contribution in [0.4, 0.5) is 4.79 Å². The van der Waals surface area contributed by atoms with Gasteiger partial charge in [0.1, 0.15) is 6.61 Å². The van der Waals surface area contributed by atoms with E-state index >= 15 is 0 Å². The van der Waals surface area contributed by atoms with Gasteiger partial charge in [-0.25, -0.2) is 4.79 Å². The topological polar surface area (TPSA) is 46.6 Å². The molecule has 1 aromatic rings. The monoisotopic (exact) mass is 277 g/mol. The second-order valence-electron chi connectivity index (χ2n) is 5.45. The number of ether oxygens (including phenoxy) is 1. The first-order valence-corrected chi connectivity index (χ1v) is 6.78. The molecule has 1 aromatic carbocycles. The van der Waals surface area contributed by atoms with Gasteiger partial charge in [-0.1, -0.05) is 43.7 Å². The molecule has 4 nitrogen and oxygen atoms in total. The highest BCUT2D eigenvalue weighted by Gasteiger charge is 2.27. The van der Waals surface area contributed by atoms with Gasteiger partial charge in [-0.3, -0.25) is 4.79 Å². The number of benzene rings is 1. The van der Waals surface area contributed by atoms with Gasteiger partial charge in [-0.2, -0.15) is 0 Å². The van der Waals surface area contributed by atoms with Gasteiger partial charge in [0.25, 0.3) is 0 Å². The number of carbonyl (C=O) groups excluding carboxylic acids is 2. The maximum atomic E-state index is 12.0. The lowest BCUT2D eigenvalue weighted by molar-refractivity contribution is -0.122. The molecule has 4 heteroatoms. The Labute approximate surface area is 120 Å². The average Bonchev–Trinajstić information content (AvgIpc) is 2.36. The lowest BCUT2D eigenvalue weighted by Crippen LogP contribution is -2.45. The van der Waals surface area contributed by atoms with Gasteiger partial charge < -0.3 is 9.64 Å². The first-order chi connectivity index (χ1) is 9.32. The van der Waals surface area contributed by atoms with Crippen molar-refractivity contribution in [3.8, 4) is 0 Å². The van der Waals surface area contributed by atoms with Crippen molar-refractivity contribution in [3.05, 3.63) is 35.4 Å². The van der Waals surface area contributed by atoms with E-state index in [1.165, 1.54) is 11.8 Å². The molecule has 0 radical (unpaired) electrons. The Hall–Kier alpha value is -1.84. The predicted octanol–water partition coefficient (Wildman–Crippen LogP) is 3.18. The number of rotatable bonds is 5. The fraction of sp³-hybridized carbons (Fsp3) is 0.500. The van der Waals surface area contributed by atoms with Crippen LogP contribution in [0.5, 0.6) is 0 Å². The lowest BCUT2D eigenvalue weighted by Gasteiger charge is -2.28. The second kappa shape index (κ2) is 7.08. The summed E-state index contributed by atoms with van der Waals surface area (Å²) in [6.07, 6.45) is -0.473. The van der Waals surface area contributed by atoms with Crippen LogP contribution in [0.3, 0.4) is 0 Å². The van der Waals surface area contributed by atoms with Gasteiger partial charge in [-0.15, -0.1) is 0 Å². The van der Waals surface area contributed by atoms with E-state index in [-0.39, 0.29) is 18.3 Å². The van der Waals surface area contributed by atoms with E-state index in [0.29, 0.717) is 0 Å². The Kier molecular flexibility index (Phi) is 5.74. The van der Waals surface area contributed by atoms with Gasteiger partial charge >= 0.3 is 6.09 Å². The Balaban J connectivity index is 2.61. The molecule has 0 heterocycles. The van der Waals surface area contributed by atoms with Crippen LogP contribution in [0.1, 0.15) is 31.9 Å². The highest BCUT2D eigenvalue weighted by atomic mass is 16.6. The van der Waals surface area contributed by atoms with Crippen molar-refractivity contribution in [2.45, 2.75) is 40.3 Å². The van der Waals surface area contributed by atoms with Gasteiger partial charge in [0, 0.05) is 7.05 Å². The molecule has 0 saturated carbocycles. The summed E-state index contributed by atoms with van der Waals surface area (Å²) >= 11 is 0. The number of nitrogens with zero attached hydrogens (tertiary/aromatic N) is 1. The predicted molar refractivity (Wildman–Crippen MR) is 78.4 cm³/mol. The molecular weight excluding hydrogens is 254 g/mol. The molecule has 1 amide bonds. The minimum atomic E-state index is -0.473. The lowest BCUT2D eigenvalue weighted by atomic mass is 10.00. The minimum Gasteiger partial charge on any atom is -0.445 e. The Morgan fingerprint density at radius 2 is 1.75 bits per heavy atom. The molecule has 0 bridgehead atoms. The number of amides is 1. The summed E-state index contributed by atoms with van der Waals surface area (Å²) in [6.45, 7) is 7.54. The van der Waals surface area contributed by atoms with Crippen molar-refractivity contribution in [1.82, 2.24) is 4.90 Å². The molecule has 0 aliphatic carbocycles. The Bertz CT molecular complexity index is 465. The third kappa shape index (κ3) is 4.37. The zero-order chi connectivity index (χ0) is 15.3. The molecule has 1 rings (SSSR count). The molecule has 0 saturated heterocycles. The van der Waals surface area contributed by atoms with Crippen molar-refractivity contribution in [2.24, 2.45) is 5.92 Å². The van der Waals surface area contributed by atoms with Crippen molar-refractivity contribution in [3.63, 3.8) is 0 Å². The smallest absolute Gasteiger partial charge is 0.410 e. The van der Waals surface area contributed by atoms with Crippen LogP contribution in [0.25, 0.3) is 0 Å². The first-order valence-electron chi connectivity index (χ1n) is 6.78. The zero-order valence-corrected chi connectivity index (χ0v) is 12.8. The summed E-state index contributed by atoms with van der Waals surface area (Å²) < 4.78 is 5.25. The van der Waals surface area contributed by atoms with Crippen LogP contribution in [0, 0.1) is 12.8 Å². The van der Waals surface area contributed by atoms with Gasteiger partial charge in [0.05, 0.1) is 6.04 Å². The van der Waals surface area contributed by atoms with Gasteiger partial charge in [0.15, 0.2) is 5.78 Å². The van der Waals surface area contributed by atoms with E-state index in [0.717, 1.165) is 11.1 Å². The molecule has 0 aromatic heterocycles. The molecular formula is C16H23NO3. The van der Waals surface area contributed by atoms with Gasteiger partial charge in [-0.05, 0) is 25.3 Å². The molecule has 1 atom stereocenters. The van der Waals surface area contributed by atoms with Crippen molar-refractivity contribution >= 4 is 11.9 Å². The standard InChI is InChI=1S/C16H23NO3/c1-11(2)15(13(4)18)17(5)16(19)20-10-14-8-6-12(3)7-9-14/h6-9,11,15H,10H2,1-5H3/t15-/m0/s1. The largest absolute Gasteiger partial charge is 0.445 e. The van der Waals surface area contributed by atoms with E-state index in [1.54, 1.807) is 7.05 Å². The van der Waals surface area contributed by atoms with Crippen LogP contribution >= 0.6 is 0 Å². The number of ketones is 1. The van der Waals surface area contributed by atoms with Crippen molar-refractivity contribution in [2.75, 3.05) is 7.05 Å². The number of Topliss-reactive ketones (excluding diaryl/α,β-unsaturated/α-hetero) is 1. The molecule has 0 N–H and O–H groups in total. The number of aryl methyl sites for hydroxylation is 1. The second-order valence-corrected chi connectivity index (χ2v) is 5.45. The zero-order valence-electron chi connectivity index (χ0n) is 12.8. The van der Waals surface area contributed by atoms with E-state index in [2.05, 4.69) is 0 Å². The van der Waals surface area contributed by atoms with Crippen LogP contribution in [-0.2, 0) is 16.1 Å². The number of hydrogen-bond acceptors (Lipinski definition) is 3. The third-order valence-corrected chi connectivity index (χ3v) is 3.24. The Morgan fingerprint density at radius 3 is 2.20 bits per heavy atom. The minimum absolute atomic E-state index is 0.0326. The van der Waals surface area contributed by atoms with Crippen LogP contribution in [0.15, 0.2) is 24.3 Å². The molecule has 20 heavy (non-hydrogen) atoms. The number of carbonyl (C=O) groups is 2. The number of hydrogen-bond donors (Lipinski definition) is 0. The maximum absolute atomic E-state index is 12.0. The summed E-state index contributed by atoms with van der Waals surface area (Å²) in [5, 5.41) is 0. The maximum Gasteiger partial charge on any atom is 0.410 e. The molecule has 0 fully saturated rings. The summed E-state index contributed by atoms with van der Waals surface area (Å²) in [6, 6.07) is 7.35. The van der Waals surface area contributed by atoms with Crippen molar-refractivity contribution in [1.29, 1.82) is 0 Å². The highest BCUT2D eigenvalue weighted by molar-refractivity contribution is 5.85. The molecule has 0 aliphatic heterocycles. The summed E-state index contributed by atoms with van der Waals surface area (Å²) in [7, 11) is 1.60. The van der Waals surface area contributed by atoms with E-state index < -0.39 is 12.1 Å². The number of likely N-dealkylation sites (N-methyl/N-ethyl adjacent to an activating group) is 1. The van der Waals surface area contributed by atoms with E-state index in [4.69, 9.17) is 4.74 Å². The third-order valence-electron chi connectivity index (χ3n) is 3.24. The SMILES string of the molecule is CC(=O)[C@H](C(C)C)N(C)C(=O)OCc1ccc(C)cc1. The molecule has 110 valence electrons. The normalized spacial score (nSPS) is 12.1. The first kappa shape index (κ1) is 16.2. The summed E-state index contributed by atoms with van der Waals surface area (Å²) in [5.41, 5.74) is 2.09. The fourth-order valence-corrected chi connectivity index (χ4v) is 2.23. The fourth-order valence-electron chi connectivity index (χ4n) is 2.23. The molecule has 0 spiro atoms. The van der Waals surface area contributed by atoms with E-state index in [9.17, 15) is 9.59 Å². The van der Waals surface area contributed by atoms with Crippen LogP contribution in [-0.4, -0.2) is 29.9 Å². The summed E-state index contributed by atoms with van der Waals surface area (Å²) in [5.74, 6) is 0.0270. The van der Waals surface area contributed by atoms with Crippen LogP contribution in [0.2, 0.25) is 0 Å².